The number of nitrogens with zero attached hydrogens (tertiary/aromatic N) is 3. The van der Waals surface area contributed by atoms with Crippen molar-refractivity contribution in [3.63, 3.8) is 0 Å². The zero-order chi connectivity index (χ0) is 27.0. The van der Waals surface area contributed by atoms with Crippen LogP contribution in [0.15, 0.2) is 48.5 Å². The number of halogens is 1. The lowest BCUT2D eigenvalue weighted by Crippen LogP contribution is -2.54. The number of rotatable bonds is 12. The molecule has 36 heavy (non-hydrogen) atoms. The second kappa shape index (κ2) is 12.8. The van der Waals surface area contributed by atoms with Crippen molar-refractivity contribution in [1.82, 2.24) is 14.5 Å². The molecule has 0 spiro atoms. The maximum absolute atomic E-state index is 13.8. The Hall–Kier alpha value is -2.98. The molecule has 0 aliphatic heterocycles. The maximum Gasteiger partial charge on any atom is 0.304 e. The van der Waals surface area contributed by atoms with Crippen LogP contribution in [0, 0.1) is 12.7 Å². The summed E-state index contributed by atoms with van der Waals surface area (Å²) in [5, 5.41) is 2.94. The predicted octanol–water partition coefficient (Wildman–Crippen LogP) is 3.47. The Kier molecular flexibility index (Phi) is 10.4. The lowest BCUT2D eigenvalue weighted by molar-refractivity contribution is -0.140. The number of anilines is 1. The summed E-state index contributed by atoms with van der Waals surface area (Å²) in [4.78, 5) is 28.3. The summed E-state index contributed by atoms with van der Waals surface area (Å²) in [6.07, 6.45) is 1.07. The average molecular weight is 521 g/mol. The van der Waals surface area contributed by atoms with Gasteiger partial charge in [0.1, 0.15) is 18.4 Å². The minimum absolute atomic E-state index is 0.0766. The van der Waals surface area contributed by atoms with E-state index in [0.29, 0.717) is 6.42 Å². The van der Waals surface area contributed by atoms with Crippen molar-refractivity contribution in [3.05, 3.63) is 65.5 Å². The number of carbonyl (C=O) groups excluding carboxylic acids is 2. The van der Waals surface area contributed by atoms with Gasteiger partial charge in [-0.2, -0.15) is 12.7 Å². The van der Waals surface area contributed by atoms with Gasteiger partial charge in [-0.15, -0.1) is 0 Å². The molecule has 198 valence electrons. The number of amides is 2. The molecule has 2 aromatic carbocycles. The molecule has 10 heteroatoms. The lowest BCUT2D eigenvalue weighted by Gasteiger charge is -2.34. The lowest BCUT2D eigenvalue weighted by atomic mass is 10.1. The van der Waals surface area contributed by atoms with Crippen molar-refractivity contribution in [2.75, 3.05) is 24.9 Å². The van der Waals surface area contributed by atoms with Gasteiger partial charge in [-0.05, 0) is 56.5 Å². The molecule has 0 fully saturated rings. The van der Waals surface area contributed by atoms with Crippen LogP contribution in [0.4, 0.5) is 10.1 Å². The second-order valence-electron chi connectivity index (χ2n) is 9.03. The van der Waals surface area contributed by atoms with Gasteiger partial charge in [-0.3, -0.25) is 9.59 Å². The number of hydrogen-bond acceptors (Lipinski definition) is 4. The van der Waals surface area contributed by atoms with Crippen molar-refractivity contribution >= 4 is 27.7 Å². The van der Waals surface area contributed by atoms with Gasteiger partial charge in [0.05, 0.1) is 5.69 Å². The normalized spacial score (nSPS) is 13.2. The SMILES string of the molecule is CC[C@H](C(=O)N[C@@H](C)CC)N(Cc1cccc(C)c1)C(=O)CN(c1ccc(F)cc1)S(=O)(=O)N(C)C. The van der Waals surface area contributed by atoms with Crippen LogP contribution in [0.25, 0.3) is 0 Å². The van der Waals surface area contributed by atoms with Crippen molar-refractivity contribution < 1.29 is 22.4 Å². The fraction of sp³-hybridized carbons (Fsp3) is 0.462. The first-order valence-electron chi connectivity index (χ1n) is 12.0. The summed E-state index contributed by atoms with van der Waals surface area (Å²) in [6, 6.07) is 11.6. The molecule has 2 atom stereocenters. The number of carbonyl (C=O) groups is 2. The second-order valence-corrected chi connectivity index (χ2v) is 11.1. The van der Waals surface area contributed by atoms with Gasteiger partial charge in [-0.1, -0.05) is 43.7 Å². The number of benzene rings is 2. The van der Waals surface area contributed by atoms with E-state index in [2.05, 4.69) is 5.32 Å². The highest BCUT2D eigenvalue weighted by Gasteiger charge is 2.34. The van der Waals surface area contributed by atoms with E-state index in [1.165, 1.54) is 31.1 Å². The Morgan fingerprint density at radius 1 is 1.03 bits per heavy atom. The molecule has 2 rings (SSSR count). The Morgan fingerprint density at radius 2 is 1.67 bits per heavy atom. The number of nitrogens with one attached hydrogen (secondary N) is 1. The molecule has 0 heterocycles. The Balaban J connectivity index is 2.50. The predicted molar refractivity (Wildman–Crippen MR) is 140 cm³/mol. The minimum atomic E-state index is -4.09. The zero-order valence-electron chi connectivity index (χ0n) is 21.9. The highest BCUT2D eigenvalue weighted by atomic mass is 32.2. The van der Waals surface area contributed by atoms with Gasteiger partial charge in [0, 0.05) is 26.7 Å². The summed E-state index contributed by atoms with van der Waals surface area (Å²) in [5.41, 5.74) is 1.97. The Morgan fingerprint density at radius 3 is 2.19 bits per heavy atom. The van der Waals surface area contributed by atoms with E-state index in [1.54, 1.807) is 0 Å². The molecule has 0 bridgehead atoms. The van der Waals surface area contributed by atoms with Gasteiger partial charge in [-0.25, -0.2) is 8.70 Å². The molecule has 0 saturated heterocycles. The smallest absolute Gasteiger partial charge is 0.304 e. The summed E-state index contributed by atoms with van der Waals surface area (Å²) in [7, 11) is -1.38. The van der Waals surface area contributed by atoms with Crippen molar-refractivity contribution in [1.29, 1.82) is 0 Å². The van der Waals surface area contributed by atoms with Gasteiger partial charge in [0.25, 0.3) is 0 Å². The average Bonchev–Trinajstić information content (AvgIpc) is 2.82. The molecule has 1 N–H and O–H groups in total. The van der Waals surface area contributed by atoms with E-state index in [1.807, 2.05) is 52.0 Å². The minimum Gasteiger partial charge on any atom is -0.352 e. The summed E-state index contributed by atoms with van der Waals surface area (Å²) >= 11 is 0. The van der Waals surface area contributed by atoms with Crippen LogP contribution in [0.2, 0.25) is 0 Å². The third kappa shape index (κ3) is 7.51. The quantitative estimate of drug-likeness (QED) is 0.464. The molecule has 0 saturated carbocycles. The maximum atomic E-state index is 13.8. The summed E-state index contributed by atoms with van der Waals surface area (Å²) in [5.74, 6) is -1.37. The van der Waals surface area contributed by atoms with Gasteiger partial charge in [0.2, 0.25) is 11.8 Å². The number of aryl methyl sites for hydroxylation is 1. The van der Waals surface area contributed by atoms with E-state index in [0.717, 1.165) is 38.3 Å². The van der Waals surface area contributed by atoms with Crippen LogP contribution in [-0.4, -0.2) is 62.2 Å². The van der Waals surface area contributed by atoms with Crippen LogP contribution in [0.5, 0.6) is 0 Å². The zero-order valence-corrected chi connectivity index (χ0v) is 22.7. The van der Waals surface area contributed by atoms with Crippen LogP contribution in [0.1, 0.15) is 44.7 Å². The van der Waals surface area contributed by atoms with E-state index in [9.17, 15) is 22.4 Å². The first-order valence-corrected chi connectivity index (χ1v) is 13.4. The largest absolute Gasteiger partial charge is 0.352 e. The molecule has 2 amide bonds. The molecule has 0 radical (unpaired) electrons. The van der Waals surface area contributed by atoms with Crippen molar-refractivity contribution in [3.8, 4) is 0 Å². The molecule has 0 aromatic heterocycles. The fourth-order valence-corrected chi connectivity index (χ4v) is 4.75. The van der Waals surface area contributed by atoms with Crippen LogP contribution in [0.3, 0.4) is 0 Å². The van der Waals surface area contributed by atoms with Gasteiger partial charge in [0.15, 0.2) is 0 Å². The van der Waals surface area contributed by atoms with E-state index < -0.39 is 34.5 Å². The van der Waals surface area contributed by atoms with Crippen molar-refractivity contribution in [2.45, 2.75) is 59.2 Å². The molecule has 0 aliphatic rings. The third-order valence-corrected chi connectivity index (χ3v) is 7.78. The highest BCUT2D eigenvalue weighted by Crippen LogP contribution is 2.22. The first kappa shape index (κ1) is 29.3. The molecule has 0 aliphatic carbocycles. The van der Waals surface area contributed by atoms with Crippen LogP contribution >= 0.6 is 0 Å². The molecule has 8 nitrogen and oxygen atoms in total. The standard InChI is InChI=1S/C26H37FN4O4S/c1-7-20(4)28-26(33)24(8-2)30(17-21-11-9-10-19(3)16-21)25(32)18-31(36(34,35)29(5)6)23-14-12-22(27)13-15-23/h9-16,20,24H,7-8,17-18H2,1-6H3,(H,28,33)/t20-,24+/m0/s1. The highest BCUT2D eigenvalue weighted by molar-refractivity contribution is 7.90. The molecule has 2 aromatic rings. The topological polar surface area (TPSA) is 90.0 Å². The Bertz CT molecular complexity index is 1140. The third-order valence-electron chi connectivity index (χ3n) is 5.96. The van der Waals surface area contributed by atoms with Crippen LogP contribution in [-0.2, 0) is 26.3 Å². The van der Waals surface area contributed by atoms with Crippen LogP contribution < -0.4 is 9.62 Å². The number of hydrogen-bond donors (Lipinski definition) is 1. The molecule has 0 unspecified atom stereocenters. The van der Waals surface area contributed by atoms with E-state index in [4.69, 9.17) is 0 Å². The Labute approximate surface area is 214 Å². The summed E-state index contributed by atoms with van der Waals surface area (Å²) < 4.78 is 41.7. The van der Waals surface area contributed by atoms with E-state index >= 15 is 0 Å². The van der Waals surface area contributed by atoms with Gasteiger partial charge < -0.3 is 10.2 Å². The first-order chi connectivity index (χ1) is 16.9. The molecular weight excluding hydrogens is 483 g/mol. The monoisotopic (exact) mass is 520 g/mol. The molecular formula is C26H37FN4O4S. The fourth-order valence-electron chi connectivity index (χ4n) is 3.69. The van der Waals surface area contributed by atoms with E-state index in [-0.39, 0.29) is 24.2 Å². The van der Waals surface area contributed by atoms with Crippen molar-refractivity contribution in [2.24, 2.45) is 0 Å². The van der Waals surface area contributed by atoms with Gasteiger partial charge >= 0.3 is 10.2 Å². The summed E-state index contributed by atoms with van der Waals surface area (Å²) in [6.45, 7) is 7.16.